The van der Waals surface area contributed by atoms with Crippen LogP contribution in [0.4, 0.5) is 5.13 Å². The molecule has 1 atom stereocenters. The lowest BCUT2D eigenvalue weighted by Crippen LogP contribution is -2.28. The van der Waals surface area contributed by atoms with Gasteiger partial charge in [0.15, 0.2) is 5.13 Å². The first-order chi connectivity index (χ1) is 12.2. The standard InChI is InChI=1S/C19H25N3O2S/c1-14(23)20-19-21-16(13-25-19)12-22-11-5-3-4-6-18(22)15-7-9-17(24-2)10-8-15/h7-10,13,18H,3-6,11-12H2,1-2H3,(H,20,21,23). The van der Waals surface area contributed by atoms with Crippen molar-refractivity contribution in [2.24, 2.45) is 0 Å². The number of benzene rings is 1. The third-order valence-electron chi connectivity index (χ3n) is 4.56. The maximum Gasteiger partial charge on any atom is 0.223 e. The number of hydrogen-bond acceptors (Lipinski definition) is 5. The molecule has 2 heterocycles. The predicted octanol–water partition coefficient (Wildman–Crippen LogP) is 4.23. The minimum absolute atomic E-state index is 0.0771. The second-order valence-electron chi connectivity index (χ2n) is 6.43. The third-order valence-corrected chi connectivity index (χ3v) is 5.37. The molecule has 1 N–H and O–H groups in total. The van der Waals surface area contributed by atoms with Crippen molar-refractivity contribution in [3.63, 3.8) is 0 Å². The van der Waals surface area contributed by atoms with Crippen molar-refractivity contribution in [2.75, 3.05) is 19.0 Å². The van der Waals surface area contributed by atoms with E-state index in [1.807, 2.05) is 17.5 Å². The maximum atomic E-state index is 11.2. The summed E-state index contributed by atoms with van der Waals surface area (Å²) in [7, 11) is 1.70. The van der Waals surface area contributed by atoms with Crippen LogP contribution in [0.3, 0.4) is 0 Å². The number of likely N-dealkylation sites (tertiary alicyclic amines) is 1. The van der Waals surface area contributed by atoms with Gasteiger partial charge < -0.3 is 10.1 Å². The highest BCUT2D eigenvalue weighted by Gasteiger charge is 2.23. The van der Waals surface area contributed by atoms with Gasteiger partial charge in [-0.05, 0) is 37.1 Å². The zero-order valence-electron chi connectivity index (χ0n) is 14.8. The molecule has 1 aliphatic heterocycles. The van der Waals surface area contributed by atoms with Gasteiger partial charge in [-0.25, -0.2) is 4.98 Å². The van der Waals surface area contributed by atoms with Gasteiger partial charge in [0.1, 0.15) is 5.75 Å². The molecule has 25 heavy (non-hydrogen) atoms. The summed E-state index contributed by atoms with van der Waals surface area (Å²) in [5.41, 5.74) is 2.36. The number of methoxy groups -OCH3 is 1. The minimum atomic E-state index is -0.0771. The number of nitrogens with zero attached hydrogens (tertiary/aromatic N) is 2. The van der Waals surface area contributed by atoms with E-state index >= 15 is 0 Å². The quantitative estimate of drug-likeness (QED) is 0.868. The SMILES string of the molecule is COc1ccc(C2CCCCCN2Cc2csc(NC(C)=O)n2)cc1. The highest BCUT2D eigenvalue weighted by Crippen LogP contribution is 2.32. The number of ether oxygens (including phenoxy) is 1. The number of thiazole rings is 1. The van der Waals surface area contributed by atoms with Gasteiger partial charge >= 0.3 is 0 Å². The zero-order valence-corrected chi connectivity index (χ0v) is 15.6. The highest BCUT2D eigenvalue weighted by molar-refractivity contribution is 7.13. The molecular weight excluding hydrogens is 334 g/mol. The van der Waals surface area contributed by atoms with Gasteiger partial charge in [-0.15, -0.1) is 11.3 Å². The topological polar surface area (TPSA) is 54.5 Å². The fraction of sp³-hybridized carbons (Fsp3) is 0.474. The molecule has 1 unspecified atom stereocenters. The average molecular weight is 359 g/mol. The first-order valence-electron chi connectivity index (χ1n) is 8.75. The summed E-state index contributed by atoms with van der Waals surface area (Å²) in [6.45, 7) is 3.39. The number of anilines is 1. The molecule has 1 aromatic carbocycles. The van der Waals surface area contributed by atoms with Crippen LogP contribution < -0.4 is 10.1 Å². The van der Waals surface area contributed by atoms with Crippen LogP contribution in [0.15, 0.2) is 29.6 Å². The van der Waals surface area contributed by atoms with Crippen LogP contribution in [0.5, 0.6) is 5.75 Å². The molecule has 1 saturated heterocycles. The van der Waals surface area contributed by atoms with E-state index in [1.165, 1.54) is 43.1 Å². The molecule has 2 aromatic rings. The molecule has 1 amide bonds. The van der Waals surface area contributed by atoms with Gasteiger partial charge in [-0.3, -0.25) is 9.69 Å². The van der Waals surface area contributed by atoms with Crippen LogP contribution >= 0.6 is 11.3 Å². The Kier molecular flexibility index (Phi) is 6.04. The third kappa shape index (κ3) is 4.80. The molecule has 0 bridgehead atoms. The van der Waals surface area contributed by atoms with Gasteiger partial charge in [-0.2, -0.15) is 0 Å². The average Bonchev–Trinajstić information content (AvgIpc) is 2.90. The van der Waals surface area contributed by atoms with E-state index in [4.69, 9.17) is 4.74 Å². The molecule has 1 aliphatic rings. The summed E-state index contributed by atoms with van der Waals surface area (Å²) in [6, 6.07) is 8.82. The number of carbonyl (C=O) groups is 1. The van der Waals surface area contributed by atoms with Crippen LogP contribution in [0, 0.1) is 0 Å². The van der Waals surface area contributed by atoms with Crippen molar-refractivity contribution >= 4 is 22.4 Å². The maximum absolute atomic E-state index is 11.2. The number of rotatable bonds is 5. The molecule has 1 aromatic heterocycles. The Balaban J connectivity index is 1.75. The molecule has 6 heteroatoms. The lowest BCUT2D eigenvalue weighted by Gasteiger charge is -2.29. The number of carbonyl (C=O) groups excluding carboxylic acids is 1. The lowest BCUT2D eigenvalue weighted by molar-refractivity contribution is -0.114. The van der Waals surface area contributed by atoms with Crippen molar-refractivity contribution < 1.29 is 9.53 Å². The molecule has 5 nitrogen and oxygen atoms in total. The van der Waals surface area contributed by atoms with E-state index in [0.29, 0.717) is 11.2 Å². The van der Waals surface area contributed by atoms with Gasteiger partial charge in [0.25, 0.3) is 0 Å². The molecule has 3 rings (SSSR count). The first-order valence-corrected chi connectivity index (χ1v) is 9.63. The van der Waals surface area contributed by atoms with Crippen LogP contribution in [-0.2, 0) is 11.3 Å². The Morgan fingerprint density at radius 1 is 1.32 bits per heavy atom. The van der Waals surface area contributed by atoms with E-state index in [-0.39, 0.29) is 5.91 Å². The summed E-state index contributed by atoms with van der Waals surface area (Å²) in [5.74, 6) is 0.815. The fourth-order valence-corrected chi connectivity index (χ4v) is 4.10. The normalized spacial score (nSPS) is 18.6. The summed E-state index contributed by atoms with van der Waals surface area (Å²) in [6.07, 6.45) is 4.91. The fourth-order valence-electron chi connectivity index (χ4n) is 3.36. The van der Waals surface area contributed by atoms with Gasteiger partial charge in [-0.1, -0.05) is 25.0 Å². The van der Waals surface area contributed by atoms with Crippen molar-refractivity contribution in [2.45, 2.75) is 45.2 Å². The van der Waals surface area contributed by atoms with Gasteiger partial charge in [0, 0.05) is 24.9 Å². The largest absolute Gasteiger partial charge is 0.497 e. The summed E-state index contributed by atoms with van der Waals surface area (Å²) in [5, 5.41) is 5.49. The Hall–Kier alpha value is -1.92. The zero-order chi connectivity index (χ0) is 17.6. The summed E-state index contributed by atoms with van der Waals surface area (Å²) >= 11 is 1.49. The number of nitrogens with one attached hydrogen (secondary N) is 1. The smallest absolute Gasteiger partial charge is 0.223 e. The Labute approximate surface area is 153 Å². The van der Waals surface area contributed by atoms with Gasteiger partial charge in [0.05, 0.1) is 12.8 Å². The van der Waals surface area contributed by atoms with E-state index < -0.39 is 0 Å². The molecular formula is C19H25N3O2S. The van der Waals surface area contributed by atoms with Crippen molar-refractivity contribution in [1.29, 1.82) is 0 Å². The van der Waals surface area contributed by atoms with E-state index in [9.17, 15) is 4.79 Å². The summed E-state index contributed by atoms with van der Waals surface area (Å²) in [4.78, 5) is 18.3. The summed E-state index contributed by atoms with van der Waals surface area (Å²) < 4.78 is 5.28. The molecule has 0 radical (unpaired) electrons. The first kappa shape index (κ1) is 17.9. The minimum Gasteiger partial charge on any atom is -0.497 e. The molecule has 0 saturated carbocycles. The van der Waals surface area contributed by atoms with Crippen LogP contribution in [0.25, 0.3) is 0 Å². The van der Waals surface area contributed by atoms with Gasteiger partial charge in [0.2, 0.25) is 5.91 Å². The Morgan fingerprint density at radius 3 is 2.84 bits per heavy atom. The van der Waals surface area contributed by atoms with E-state index in [2.05, 4.69) is 27.3 Å². The highest BCUT2D eigenvalue weighted by atomic mass is 32.1. The molecule has 0 aliphatic carbocycles. The van der Waals surface area contributed by atoms with Crippen molar-refractivity contribution in [1.82, 2.24) is 9.88 Å². The van der Waals surface area contributed by atoms with E-state index in [0.717, 1.165) is 31.0 Å². The van der Waals surface area contributed by atoms with Crippen molar-refractivity contribution in [3.8, 4) is 5.75 Å². The number of hydrogen-bond donors (Lipinski definition) is 1. The van der Waals surface area contributed by atoms with Crippen LogP contribution in [-0.4, -0.2) is 29.4 Å². The second kappa shape index (κ2) is 8.45. The Bertz CT molecular complexity index is 699. The van der Waals surface area contributed by atoms with E-state index in [1.54, 1.807) is 7.11 Å². The monoisotopic (exact) mass is 359 g/mol. The molecule has 0 spiro atoms. The molecule has 134 valence electrons. The van der Waals surface area contributed by atoms with Crippen LogP contribution in [0.2, 0.25) is 0 Å². The number of amides is 1. The number of aromatic nitrogens is 1. The van der Waals surface area contributed by atoms with Crippen LogP contribution in [0.1, 0.15) is 49.9 Å². The van der Waals surface area contributed by atoms with Crippen molar-refractivity contribution in [3.05, 3.63) is 40.9 Å². The predicted molar refractivity (Wildman–Crippen MR) is 101 cm³/mol. The molecule has 1 fully saturated rings. The lowest BCUT2D eigenvalue weighted by atomic mass is 10.0. The second-order valence-corrected chi connectivity index (χ2v) is 7.29. The Morgan fingerprint density at radius 2 is 2.12 bits per heavy atom.